The van der Waals surface area contributed by atoms with Crippen LogP contribution in [0, 0.1) is 6.92 Å². The lowest BCUT2D eigenvalue weighted by Gasteiger charge is -2.13. The Morgan fingerprint density at radius 2 is 1.43 bits per heavy atom. The number of hydrogen-bond acceptors (Lipinski definition) is 2. The van der Waals surface area contributed by atoms with Crippen LogP contribution in [0.3, 0.4) is 0 Å². The molecule has 30 heavy (non-hydrogen) atoms. The lowest BCUT2D eigenvalue weighted by Crippen LogP contribution is -2.06. The highest BCUT2D eigenvalue weighted by atomic mass is 16.5. The van der Waals surface area contributed by atoms with E-state index < -0.39 is 0 Å². The van der Waals surface area contributed by atoms with E-state index in [1.54, 1.807) is 0 Å². The number of benzene rings is 4. The van der Waals surface area contributed by atoms with Crippen molar-refractivity contribution in [2.24, 2.45) is 0 Å². The molecule has 0 saturated heterocycles. The third kappa shape index (κ3) is 3.46. The van der Waals surface area contributed by atoms with Gasteiger partial charge in [-0.05, 0) is 42.8 Å². The summed E-state index contributed by atoms with van der Waals surface area (Å²) >= 11 is 0. The van der Waals surface area contributed by atoms with E-state index >= 15 is 0 Å². The van der Waals surface area contributed by atoms with Crippen molar-refractivity contribution in [3.05, 3.63) is 115 Å². The lowest BCUT2D eigenvalue weighted by molar-refractivity contribution is 0.296. The summed E-state index contributed by atoms with van der Waals surface area (Å²) in [4.78, 5) is 4.87. The van der Waals surface area contributed by atoms with Gasteiger partial charge < -0.3 is 4.74 Å². The Bertz CT molecular complexity index is 1290. The van der Waals surface area contributed by atoms with E-state index in [1.807, 2.05) is 54.6 Å². The Balaban J connectivity index is 1.53. The van der Waals surface area contributed by atoms with Crippen molar-refractivity contribution in [2.75, 3.05) is 0 Å². The molecule has 0 fully saturated rings. The van der Waals surface area contributed by atoms with E-state index in [1.165, 1.54) is 5.56 Å². The second-order valence-corrected chi connectivity index (χ2v) is 7.34. The molecule has 1 aromatic heterocycles. The van der Waals surface area contributed by atoms with Gasteiger partial charge in [0.2, 0.25) is 0 Å². The molecule has 3 nitrogen and oxygen atoms in total. The zero-order valence-corrected chi connectivity index (χ0v) is 16.8. The molecule has 4 aromatic carbocycles. The van der Waals surface area contributed by atoms with Gasteiger partial charge in [0.25, 0.3) is 0 Å². The maximum absolute atomic E-state index is 6.31. The normalized spacial score (nSPS) is 11.0. The Labute approximate surface area is 176 Å². The average molecular weight is 390 g/mol. The number of ether oxygens (including phenoxy) is 1. The Morgan fingerprint density at radius 1 is 0.733 bits per heavy atom. The van der Waals surface area contributed by atoms with E-state index in [-0.39, 0.29) is 0 Å². The summed E-state index contributed by atoms with van der Waals surface area (Å²) in [6, 6.07) is 35.2. The number of nitrogens with zero attached hydrogens (tertiary/aromatic N) is 2. The standard InChI is InChI=1S/C27H22N2O/c1-20-15-17-22(18-16-20)29-25-13-7-6-12-24(25)28-27(29)19-30-26-14-8-5-11-23(26)21-9-3-2-4-10-21/h2-18H,19H2,1H3. The Hall–Kier alpha value is -3.85. The molecule has 0 saturated carbocycles. The first kappa shape index (κ1) is 18.2. The molecule has 0 unspecified atom stereocenters. The molecule has 0 atom stereocenters. The summed E-state index contributed by atoms with van der Waals surface area (Å²) in [5.74, 6) is 1.73. The van der Waals surface area contributed by atoms with E-state index in [0.29, 0.717) is 6.61 Å². The van der Waals surface area contributed by atoms with Crippen molar-refractivity contribution in [1.82, 2.24) is 9.55 Å². The SMILES string of the molecule is Cc1ccc(-n2c(COc3ccccc3-c3ccccc3)nc3ccccc32)cc1. The quantitative estimate of drug-likeness (QED) is 0.339. The van der Waals surface area contributed by atoms with Crippen LogP contribution in [0.4, 0.5) is 0 Å². The van der Waals surface area contributed by atoms with Gasteiger partial charge in [-0.15, -0.1) is 0 Å². The third-order valence-electron chi connectivity index (χ3n) is 5.25. The highest BCUT2D eigenvalue weighted by Gasteiger charge is 2.14. The zero-order valence-electron chi connectivity index (χ0n) is 16.8. The molecule has 5 aromatic rings. The average Bonchev–Trinajstić information content (AvgIpc) is 3.17. The number of hydrogen-bond donors (Lipinski definition) is 0. The second kappa shape index (κ2) is 7.88. The summed E-state index contributed by atoms with van der Waals surface area (Å²) in [7, 11) is 0. The minimum atomic E-state index is 0.381. The topological polar surface area (TPSA) is 27.1 Å². The summed E-state index contributed by atoms with van der Waals surface area (Å²) < 4.78 is 8.49. The predicted molar refractivity (Wildman–Crippen MR) is 122 cm³/mol. The van der Waals surface area contributed by atoms with E-state index in [0.717, 1.165) is 39.4 Å². The molecular formula is C27H22N2O. The fourth-order valence-electron chi connectivity index (χ4n) is 3.75. The van der Waals surface area contributed by atoms with Crippen LogP contribution in [0.15, 0.2) is 103 Å². The van der Waals surface area contributed by atoms with Crippen molar-refractivity contribution in [3.8, 4) is 22.6 Å². The molecule has 0 amide bonds. The summed E-state index contributed by atoms with van der Waals surface area (Å²) in [6.07, 6.45) is 0. The first-order chi connectivity index (χ1) is 14.8. The van der Waals surface area contributed by atoms with Gasteiger partial charge in [-0.2, -0.15) is 0 Å². The highest BCUT2D eigenvalue weighted by Crippen LogP contribution is 2.31. The van der Waals surface area contributed by atoms with Crippen LogP contribution in [0.25, 0.3) is 27.8 Å². The molecule has 0 aliphatic rings. The summed E-state index contributed by atoms with van der Waals surface area (Å²) in [5, 5.41) is 0. The van der Waals surface area contributed by atoms with Gasteiger partial charge in [0, 0.05) is 11.3 Å². The van der Waals surface area contributed by atoms with Crippen molar-refractivity contribution in [2.45, 2.75) is 13.5 Å². The van der Waals surface area contributed by atoms with Crippen LogP contribution in [0.2, 0.25) is 0 Å². The lowest BCUT2D eigenvalue weighted by atomic mass is 10.1. The van der Waals surface area contributed by atoms with Gasteiger partial charge in [0.15, 0.2) is 5.82 Å². The molecular weight excluding hydrogens is 368 g/mol. The van der Waals surface area contributed by atoms with Crippen molar-refractivity contribution in [3.63, 3.8) is 0 Å². The first-order valence-corrected chi connectivity index (χ1v) is 10.1. The van der Waals surface area contributed by atoms with Crippen LogP contribution < -0.4 is 4.74 Å². The molecule has 1 heterocycles. The minimum absolute atomic E-state index is 0.381. The monoisotopic (exact) mass is 390 g/mol. The fraction of sp³-hybridized carbons (Fsp3) is 0.0741. The van der Waals surface area contributed by atoms with Gasteiger partial charge in [-0.1, -0.05) is 78.4 Å². The van der Waals surface area contributed by atoms with Crippen LogP contribution in [0.5, 0.6) is 5.75 Å². The van der Waals surface area contributed by atoms with E-state index in [9.17, 15) is 0 Å². The van der Waals surface area contributed by atoms with Gasteiger partial charge in [0.1, 0.15) is 12.4 Å². The molecule has 3 heteroatoms. The van der Waals surface area contributed by atoms with Gasteiger partial charge >= 0.3 is 0 Å². The molecule has 146 valence electrons. The van der Waals surface area contributed by atoms with Crippen LogP contribution in [0.1, 0.15) is 11.4 Å². The number of fused-ring (bicyclic) bond motifs is 1. The van der Waals surface area contributed by atoms with Crippen molar-refractivity contribution in [1.29, 1.82) is 0 Å². The first-order valence-electron chi connectivity index (χ1n) is 10.1. The molecule has 0 radical (unpaired) electrons. The number of rotatable bonds is 5. The molecule has 0 aliphatic heterocycles. The largest absolute Gasteiger partial charge is 0.485 e. The molecule has 0 N–H and O–H groups in total. The van der Waals surface area contributed by atoms with Gasteiger partial charge in [-0.25, -0.2) is 4.98 Å². The smallest absolute Gasteiger partial charge is 0.152 e. The van der Waals surface area contributed by atoms with Crippen molar-refractivity contribution < 1.29 is 4.74 Å². The second-order valence-electron chi connectivity index (χ2n) is 7.34. The third-order valence-corrected chi connectivity index (χ3v) is 5.25. The summed E-state index contributed by atoms with van der Waals surface area (Å²) in [5.41, 5.74) is 6.59. The fourth-order valence-corrected chi connectivity index (χ4v) is 3.75. The van der Waals surface area contributed by atoms with Crippen LogP contribution in [-0.4, -0.2) is 9.55 Å². The molecule has 0 spiro atoms. The maximum atomic E-state index is 6.31. The number of aromatic nitrogens is 2. The van der Waals surface area contributed by atoms with Crippen molar-refractivity contribution >= 4 is 11.0 Å². The number of aryl methyl sites for hydroxylation is 1. The van der Waals surface area contributed by atoms with Crippen LogP contribution in [-0.2, 0) is 6.61 Å². The van der Waals surface area contributed by atoms with Crippen LogP contribution >= 0.6 is 0 Å². The number of para-hydroxylation sites is 3. The Kier molecular flexibility index (Phi) is 4.78. The van der Waals surface area contributed by atoms with Gasteiger partial charge in [0.05, 0.1) is 11.0 Å². The number of imidazole rings is 1. The highest BCUT2D eigenvalue weighted by molar-refractivity contribution is 5.78. The zero-order chi connectivity index (χ0) is 20.3. The molecule has 0 aliphatic carbocycles. The summed E-state index contributed by atoms with van der Waals surface area (Å²) in [6.45, 7) is 2.48. The minimum Gasteiger partial charge on any atom is -0.485 e. The van der Waals surface area contributed by atoms with E-state index in [4.69, 9.17) is 9.72 Å². The molecule has 5 rings (SSSR count). The molecule has 0 bridgehead atoms. The predicted octanol–water partition coefficient (Wildman–Crippen LogP) is 6.58. The maximum Gasteiger partial charge on any atom is 0.152 e. The Morgan fingerprint density at radius 3 is 2.27 bits per heavy atom. The van der Waals surface area contributed by atoms with E-state index in [2.05, 4.69) is 60.0 Å². The van der Waals surface area contributed by atoms with Gasteiger partial charge in [-0.3, -0.25) is 4.57 Å².